The van der Waals surface area contributed by atoms with E-state index in [4.69, 9.17) is 16.3 Å². The molecular weight excluding hydrogens is 429 g/mol. The summed E-state index contributed by atoms with van der Waals surface area (Å²) in [6.45, 7) is 6.87. The van der Waals surface area contributed by atoms with Crippen molar-refractivity contribution >= 4 is 11.6 Å². The number of H-pyrrole nitrogens is 1. The SMILES string of the molecule is CC(C)(C)C1CCC(Oc2ncc(-c3[nH]c(-c4c(F)cccc4Cl)nc3C#N)cn2)CC1. The molecular formula is C24H25ClFN5O. The quantitative estimate of drug-likeness (QED) is 0.509. The maximum Gasteiger partial charge on any atom is 0.316 e. The van der Waals surface area contributed by atoms with Gasteiger partial charge in [0.25, 0.3) is 0 Å². The predicted octanol–water partition coefficient (Wildman–Crippen LogP) is 6.18. The molecule has 1 aromatic carbocycles. The topological polar surface area (TPSA) is 87.5 Å². The number of ether oxygens (including phenoxy) is 1. The first-order valence-corrected chi connectivity index (χ1v) is 11.1. The van der Waals surface area contributed by atoms with E-state index in [0.29, 0.717) is 28.6 Å². The second kappa shape index (κ2) is 8.87. The van der Waals surface area contributed by atoms with Gasteiger partial charge in [0, 0.05) is 18.0 Å². The third kappa shape index (κ3) is 4.61. The first-order valence-electron chi connectivity index (χ1n) is 10.7. The minimum absolute atomic E-state index is 0.107. The molecule has 0 saturated heterocycles. The smallest absolute Gasteiger partial charge is 0.316 e. The minimum Gasteiger partial charge on any atom is -0.460 e. The molecule has 8 heteroatoms. The molecule has 0 unspecified atom stereocenters. The third-order valence-corrected chi connectivity index (χ3v) is 6.41. The highest BCUT2D eigenvalue weighted by Gasteiger charge is 2.30. The maximum absolute atomic E-state index is 14.3. The van der Waals surface area contributed by atoms with Gasteiger partial charge in [-0.05, 0) is 49.1 Å². The Hall–Kier alpha value is -2.98. The zero-order valence-electron chi connectivity index (χ0n) is 18.3. The highest BCUT2D eigenvalue weighted by Crippen LogP contribution is 2.38. The molecule has 32 heavy (non-hydrogen) atoms. The van der Waals surface area contributed by atoms with Crippen LogP contribution in [0.3, 0.4) is 0 Å². The Morgan fingerprint density at radius 2 is 1.84 bits per heavy atom. The number of nitriles is 1. The van der Waals surface area contributed by atoms with E-state index in [0.717, 1.165) is 25.7 Å². The maximum atomic E-state index is 14.3. The van der Waals surface area contributed by atoms with Crippen LogP contribution in [0, 0.1) is 28.5 Å². The molecule has 6 nitrogen and oxygen atoms in total. The number of hydrogen-bond acceptors (Lipinski definition) is 5. The van der Waals surface area contributed by atoms with Crippen molar-refractivity contribution < 1.29 is 9.13 Å². The number of benzene rings is 1. The van der Waals surface area contributed by atoms with E-state index in [1.54, 1.807) is 18.5 Å². The summed E-state index contributed by atoms with van der Waals surface area (Å²) in [7, 11) is 0. The number of nitrogens with one attached hydrogen (secondary N) is 1. The van der Waals surface area contributed by atoms with Crippen molar-refractivity contribution in [2.75, 3.05) is 0 Å². The van der Waals surface area contributed by atoms with Crippen molar-refractivity contribution in [2.24, 2.45) is 11.3 Å². The molecule has 1 aliphatic carbocycles. The van der Waals surface area contributed by atoms with Crippen molar-refractivity contribution in [1.82, 2.24) is 19.9 Å². The summed E-state index contributed by atoms with van der Waals surface area (Å²) in [5.41, 5.74) is 1.49. The minimum atomic E-state index is -0.525. The number of aromatic nitrogens is 4. The van der Waals surface area contributed by atoms with Gasteiger partial charge in [0.1, 0.15) is 23.8 Å². The lowest BCUT2D eigenvalue weighted by atomic mass is 9.72. The average molecular weight is 454 g/mol. The average Bonchev–Trinajstić information content (AvgIpc) is 3.18. The highest BCUT2D eigenvalue weighted by atomic mass is 35.5. The first-order chi connectivity index (χ1) is 15.3. The Morgan fingerprint density at radius 3 is 2.44 bits per heavy atom. The first kappa shape index (κ1) is 22.2. The van der Waals surface area contributed by atoms with Gasteiger partial charge in [-0.15, -0.1) is 0 Å². The summed E-state index contributed by atoms with van der Waals surface area (Å²) in [4.78, 5) is 15.8. The molecule has 0 bridgehead atoms. The van der Waals surface area contributed by atoms with Crippen LogP contribution in [-0.2, 0) is 0 Å². The largest absolute Gasteiger partial charge is 0.460 e. The zero-order valence-corrected chi connectivity index (χ0v) is 19.1. The van der Waals surface area contributed by atoms with Crippen LogP contribution in [0.4, 0.5) is 4.39 Å². The Kier molecular flexibility index (Phi) is 6.16. The predicted molar refractivity (Wildman–Crippen MR) is 121 cm³/mol. The molecule has 2 heterocycles. The number of rotatable bonds is 4. The number of nitrogens with zero attached hydrogens (tertiary/aromatic N) is 4. The van der Waals surface area contributed by atoms with Gasteiger partial charge in [-0.25, -0.2) is 19.3 Å². The highest BCUT2D eigenvalue weighted by molar-refractivity contribution is 6.33. The van der Waals surface area contributed by atoms with Crippen LogP contribution in [0.25, 0.3) is 22.6 Å². The molecule has 0 amide bonds. The van der Waals surface area contributed by atoms with Crippen LogP contribution in [-0.4, -0.2) is 26.0 Å². The number of imidazole rings is 1. The zero-order chi connectivity index (χ0) is 22.9. The molecule has 1 fully saturated rings. The summed E-state index contributed by atoms with van der Waals surface area (Å²) in [5.74, 6) is 0.353. The molecule has 3 aromatic rings. The molecule has 0 aliphatic heterocycles. The van der Waals surface area contributed by atoms with E-state index in [9.17, 15) is 9.65 Å². The number of aromatic amines is 1. The second-order valence-corrected chi connectivity index (χ2v) is 9.64. The summed E-state index contributed by atoms with van der Waals surface area (Å²) in [6.07, 6.45) is 7.49. The summed E-state index contributed by atoms with van der Waals surface area (Å²) in [5, 5.41) is 9.71. The lowest BCUT2D eigenvalue weighted by molar-refractivity contribution is 0.0817. The van der Waals surface area contributed by atoms with Gasteiger partial charge in [-0.3, -0.25) is 0 Å². The molecule has 1 N–H and O–H groups in total. The Morgan fingerprint density at radius 1 is 1.16 bits per heavy atom. The Labute approximate surface area is 191 Å². The van der Waals surface area contributed by atoms with Crippen LogP contribution in [0.2, 0.25) is 5.02 Å². The lowest BCUT2D eigenvalue weighted by Crippen LogP contribution is -2.30. The summed E-state index contributed by atoms with van der Waals surface area (Å²) in [6, 6.07) is 6.71. The molecule has 2 aromatic heterocycles. The van der Waals surface area contributed by atoms with Gasteiger partial charge in [0.15, 0.2) is 5.69 Å². The van der Waals surface area contributed by atoms with E-state index >= 15 is 0 Å². The molecule has 1 aliphatic rings. The van der Waals surface area contributed by atoms with Gasteiger partial charge in [0.2, 0.25) is 0 Å². The summed E-state index contributed by atoms with van der Waals surface area (Å²) >= 11 is 6.14. The normalized spacial score (nSPS) is 18.9. The van der Waals surface area contributed by atoms with Crippen molar-refractivity contribution in [3.63, 3.8) is 0 Å². The molecule has 166 valence electrons. The van der Waals surface area contributed by atoms with Gasteiger partial charge in [-0.1, -0.05) is 38.4 Å². The van der Waals surface area contributed by atoms with Crippen molar-refractivity contribution in [2.45, 2.75) is 52.6 Å². The van der Waals surface area contributed by atoms with Gasteiger partial charge in [-0.2, -0.15) is 5.26 Å². The van der Waals surface area contributed by atoms with Crippen LogP contribution < -0.4 is 4.74 Å². The monoisotopic (exact) mass is 453 g/mol. The standard InChI is InChI=1S/C24H25ClFN5O/c1-24(2,3)15-7-9-16(10-8-15)32-23-28-12-14(13-29-23)21-19(11-27)30-22(31-21)20-17(25)5-4-6-18(20)26/h4-6,12-13,15-16H,7-10H2,1-3H3,(H,30,31). The third-order valence-electron chi connectivity index (χ3n) is 6.10. The fourth-order valence-corrected chi connectivity index (χ4v) is 4.46. The van der Waals surface area contributed by atoms with E-state index < -0.39 is 5.82 Å². The molecule has 4 rings (SSSR count). The lowest BCUT2D eigenvalue weighted by Gasteiger charge is -2.36. The van der Waals surface area contributed by atoms with Crippen LogP contribution in [0.15, 0.2) is 30.6 Å². The fraction of sp³-hybridized carbons (Fsp3) is 0.417. The Bertz CT molecular complexity index is 1120. The summed E-state index contributed by atoms with van der Waals surface area (Å²) < 4.78 is 20.3. The van der Waals surface area contributed by atoms with Crippen LogP contribution >= 0.6 is 11.6 Å². The molecule has 0 radical (unpaired) electrons. The van der Waals surface area contributed by atoms with E-state index in [1.165, 1.54) is 12.1 Å². The van der Waals surface area contributed by atoms with Crippen molar-refractivity contribution in [3.8, 4) is 34.7 Å². The van der Waals surface area contributed by atoms with E-state index in [1.807, 2.05) is 6.07 Å². The van der Waals surface area contributed by atoms with Gasteiger partial charge >= 0.3 is 6.01 Å². The van der Waals surface area contributed by atoms with Gasteiger partial charge in [0.05, 0.1) is 16.3 Å². The molecule has 1 saturated carbocycles. The fourth-order valence-electron chi connectivity index (χ4n) is 4.21. The molecule has 0 atom stereocenters. The van der Waals surface area contributed by atoms with Crippen LogP contribution in [0.5, 0.6) is 6.01 Å². The van der Waals surface area contributed by atoms with E-state index in [-0.39, 0.29) is 28.2 Å². The van der Waals surface area contributed by atoms with Crippen LogP contribution in [0.1, 0.15) is 52.1 Å². The van der Waals surface area contributed by atoms with E-state index in [2.05, 4.69) is 40.7 Å². The molecule has 0 spiro atoms. The number of hydrogen-bond donors (Lipinski definition) is 1. The number of halogens is 2. The Balaban J connectivity index is 1.50. The second-order valence-electron chi connectivity index (χ2n) is 9.23. The van der Waals surface area contributed by atoms with Crippen molar-refractivity contribution in [3.05, 3.63) is 47.1 Å². The van der Waals surface area contributed by atoms with Crippen molar-refractivity contribution in [1.29, 1.82) is 5.26 Å². The van der Waals surface area contributed by atoms with Gasteiger partial charge < -0.3 is 9.72 Å².